The van der Waals surface area contributed by atoms with Crippen LogP contribution in [0.15, 0.2) is 54.9 Å². The van der Waals surface area contributed by atoms with Crippen molar-refractivity contribution in [1.82, 2.24) is 30.2 Å². The Hall–Kier alpha value is -3.55. The van der Waals surface area contributed by atoms with Gasteiger partial charge in [0.05, 0.1) is 17.4 Å². The van der Waals surface area contributed by atoms with Crippen molar-refractivity contribution in [3.8, 4) is 0 Å². The van der Waals surface area contributed by atoms with Gasteiger partial charge >= 0.3 is 0 Å². The number of carbonyl (C=O) groups is 1. The Morgan fingerprint density at radius 3 is 2.76 bits per heavy atom. The summed E-state index contributed by atoms with van der Waals surface area (Å²) in [5, 5.41) is 17.1. The third-order valence-electron chi connectivity index (χ3n) is 5.76. The molecule has 4 aromatic rings. The second-order valence-corrected chi connectivity index (χ2v) is 7.95. The van der Waals surface area contributed by atoms with Crippen LogP contribution in [0.25, 0.3) is 11.0 Å². The number of hydrogen-bond donors (Lipinski definition) is 2. The summed E-state index contributed by atoms with van der Waals surface area (Å²) >= 11 is 0. The Labute approximate surface area is 167 Å². The highest BCUT2D eigenvalue weighted by molar-refractivity contribution is 5.95. The first-order chi connectivity index (χ1) is 14.1. The number of para-hydroxylation sites is 2. The highest BCUT2D eigenvalue weighted by Crippen LogP contribution is 2.50. The summed E-state index contributed by atoms with van der Waals surface area (Å²) in [5.41, 5.74) is 3.65. The van der Waals surface area contributed by atoms with E-state index >= 15 is 0 Å². The van der Waals surface area contributed by atoms with Crippen molar-refractivity contribution in [2.45, 2.75) is 32.2 Å². The van der Waals surface area contributed by atoms with Crippen LogP contribution in [0.2, 0.25) is 0 Å². The minimum atomic E-state index is -0.403. The van der Waals surface area contributed by atoms with Gasteiger partial charge in [-0.25, -0.2) is 4.98 Å². The third-order valence-corrected chi connectivity index (χ3v) is 5.76. The Kier molecular flexibility index (Phi) is 4.12. The molecule has 0 aliphatic heterocycles. The summed E-state index contributed by atoms with van der Waals surface area (Å²) in [6.07, 6.45) is 3.31. The van der Waals surface area contributed by atoms with Crippen LogP contribution in [-0.4, -0.2) is 36.1 Å². The van der Waals surface area contributed by atoms with E-state index in [9.17, 15) is 4.79 Å². The normalized spacial score (nSPS) is 21.1. The fourth-order valence-corrected chi connectivity index (χ4v) is 4.05. The second-order valence-electron chi connectivity index (χ2n) is 7.95. The molecule has 2 heterocycles. The molecular formula is C21H21N7O. The maximum absolute atomic E-state index is 12.7. The lowest BCUT2D eigenvalue weighted by Gasteiger charge is -2.42. The molecule has 2 N–H and O–H groups in total. The van der Waals surface area contributed by atoms with E-state index in [4.69, 9.17) is 0 Å². The highest BCUT2D eigenvalue weighted by Gasteiger charge is 2.48. The molecule has 0 bridgehead atoms. The Bertz CT molecular complexity index is 1140. The monoisotopic (exact) mass is 387 g/mol. The lowest BCUT2D eigenvalue weighted by atomic mass is 9.62. The van der Waals surface area contributed by atoms with Gasteiger partial charge in [-0.2, -0.15) is 5.21 Å². The van der Waals surface area contributed by atoms with Crippen molar-refractivity contribution in [3.63, 3.8) is 0 Å². The number of hydrogen-bond acceptors (Lipinski definition) is 5. The highest BCUT2D eigenvalue weighted by atomic mass is 16.2. The molecule has 5 rings (SSSR count). The summed E-state index contributed by atoms with van der Waals surface area (Å²) in [5.74, 6) is 0.911. The molecular weight excluding hydrogens is 366 g/mol. The first-order valence-electron chi connectivity index (χ1n) is 9.64. The summed E-state index contributed by atoms with van der Waals surface area (Å²) in [6, 6.07) is 16.1. The van der Waals surface area contributed by atoms with Crippen LogP contribution in [0.1, 0.15) is 37.1 Å². The zero-order valence-corrected chi connectivity index (χ0v) is 16.0. The fourth-order valence-electron chi connectivity index (χ4n) is 4.05. The van der Waals surface area contributed by atoms with E-state index in [0.717, 1.165) is 41.7 Å². The molecule has 0 radical (unpaired) electrons. The van der Waals surface area contributed by atoms with Gasteiger partial charge in [-0.1, -0.05) is 36.4 Å². The van der Waals surface area contributed by atoms with Crippen LogP contribution < -0.4 is 5.32 Å². The van der Waals surface area contributed by atoms with Gasteiger partial charge in [0.25, 0.3) is 0 Å². The molecule has 8 nitrogen and oxygen atoms in total. The van der Waals surface area contributed by atoms with Crippen molar-refractivity contribution < 1.29 is 4.79 Å². The van der Waals surface area contributed by atoms with Crippen LogP contribution in [0.4, 0.5) is 5.69 Å². The van der Waals surface area contributed by atoms with E-state index in [0.29, 0.717) is 5.82 Å². The number of anilines is 1. The minimum Gasteiger partial charge on any atom is -0.326 e. The molecule has 1 saturated carbocycles. The SMILES string of the molecule is CC1(C(=O)Nc2ccc(Cn3cnc4ccccc43)cc2)CC(c2nn[nH]n2)C1. The molecule has 1 aliphatic carbocycles. The number of aromatic amines is 1. The van der Waals surface area contributed by atoms with Gasteiger partial charge in [0.15, 0.2) is 5.82 Å². The molecule has 8 heteroatoms. The van der Waals surface area contributed by atoms with E-state index in [1.165, 1.54) is 0 Å². The van der Waals surface area contributed by atoms with E-state index < -0.39 is 5.41 Å². The average molecular weight is 387 g/mol. The third kappa shape index (κ3) is 3.26. The number of nitrogens with one attached hydrogen (secondary N) is 2. The lowest BCUT2D eigenvalue weighted by Crippen LogP contribution is -2.43. The standard InChI is InChI=1S/C21H21N7O/c1-21(10-15(11-21)19-24-26-27-25-19)20(29)23-16-8-6-14(7-9-16)12-28-13-22-17-4-2-3-5-18(17)28/h2-9,13,15H,10-12H2,1H3,(H,23,29)(H,24,25,26,27). The van der Waals surface area contributed by atoms with E-state index in [1.54, 1.807) is 0 Å². The van der Waals surface area contributed by atoms with Gasteiger partial charge in [0.1, 0.15) is 0 Å². The van der Waals surface area contributed by atoms with Crippen molar-refractivity contribution in [1.29, 1.82) is 0 Å². The van der Waals surface area contributed by atoms with Crippen molar-refractivity contribution in [2.24, 2.45) is 5.41 Å². The van der Waals surface area contributed by atoms with Crippen LogP contribution in [-0.2, 0) is 11.3 Å². The number of imidazole rings is 1. The molecule has 29 heavy (non-hydrogen) atoms. The summed E-state index contributed by atoms with van der Waals surface area (Å²) in [4.78, 5) is 17.2. The van der Waals surface area contributed by atoms with Gasteiger partial charge in [0, 0.05) is 23.6 Å². The molecule has 146 valence electrons. The minimum absolute atomic E-state index is 0.0330. The molecule has 0 unspecified atom stereocenters. The molecule has 0 spiro atoms. The number of tetrazole rings is 1. The largest absolute Gasteiger partial charge is 0.326 e. The molecule has 2 aromatic heterocycles. The molecule has 1 aliphatic rings. The summed E-state index contributed by atoms with van der Waals surface area (Å²) in [6.45, 7) is 2.72. The number of amides is 1. The average Bonchev–Trinajstić information content (AvgIpc) is 3.37. The molecule has 1 amide bonds. The van der Waals surface area contributed by atoms with Gasteiger partial charge in [0.2, 0.25) is 5.91 Å². The number of carbonyl (C=O) groups excluding carboxylic acids is 1. The lowest BCUT2D eigenvalue weighted by molar-refractivity contribution is -0.130. The molecule has 2 aromatic carbocycles. The van der Waals surface area contributed by atoms with Crippen LogP contribution in [0.3, 0.4) is 0 Å². The number of fused-ring (bicyclic) bond motifs is 1. The molecule has 1 fully saturated rings. The topological polar surface area (TPSA) is 101 Å². The Balaban J connectivity index is 1.22. The maximum Gasteiger partial charge on any atom is 0.230 e. The van der Waals surface area contributed by atoms with E-state index in [-0.39, 0.29) is 11.8 Å². The van der Waals surface area contributed by atoms with Gasteiger partial charge in [-0.15, -0.1) is 10.2 Å². The summed E-state index contributed by atoms with van der Waals surface area (Å²) in [7, 11) is 0. The summed E-state index contributed by atoms with van der Waals surface area (Å²) < 4.78 is 2.12. The van der Waals surface area contributed by atoms with E-state index in [1.807, 2.05) is 55.7 Å². The predicted octanol–water partition coefficient (Wildman–Crippen LogP) is 3.12. The quantitative estimate of drug-likeness (QED) is 0.548. The zero-order chi connectivity index (χ0) is 19.8. The number of aromatic nitrogens is 6. The molecule has 0 atom stereocenters. The van der Waals surface area contributed by atoms with Crippen molar-refractivity contribution in [3.05, 3.63) is 66.2 Å². The first-order valence-corrected chi connectivity index (χ1v) is 9.64. The van der Waals surface area contributed by atoms with Gasteiger partial charge in [-0.3, -0.25) is 4.79 Å². The number of benzene rings is 2. The molecule has 0 saturated heterocycles. The number of rotatable bonds is 5. The zero-order valence-electron chi connectivity index (χ0n) is 16.0. The van der Waals surface area contributed by atoms with Crippen LogP contribution in [0, 0.1) is 5.41 Å². The fraction of sp³-hybridized carbons (Fsp3) is 0.286. The Morgan fingerprint density at radius 2 is 2.00 bits per heavy atom. The smallest absolute Gasteiger partial charge is 0.230 e. The maximum atomic E-state index is 12.7. The second kappa shape index (κ2) is 6.80. The van der Waals surface area contributed by atoms with Gasteiger partial charge in [-0.05, 0) is 42.7 Å². The van der Waals surface area contributed by atoms with Crippen molar-refractivity contribution >= 4 is 22.6 Å². The van der Waals surface area contributed by atoms with Crippen molar-refractivity contribution in [2.75, 3.05) is 5.32 Å². The Morgan fingerprint density at radius 1 is 1.21 bits per heavy atom. The first kappa shape index (κ1) is 17.5. The van der Waals surface area contributed by atoms with Crippen LogP contribution >= 0.6 is 0 Å². The number of H-pyrrole nitrogens is 1. The van der Waals surface area contributed by atoms with Crippen LogP contribution in [0.5, 0.6) is 0 Å². The predicted molar refractivity (Wildman–Crippen MR) is 108 cm³/mol. The van der Waals surface area contributed by atoms with Gasteiger partial charge < -0.3 is 9.88 Å². The van der Waals surface area contributed by atoms with E-state index in [2.05, 4.69) is 41.6 Å². The number of nitrogens with zero attached hydrogens (tertiary/aromatic N) is 5.